The van der Waals surface area contributed by atoms with Crippen LogP contribution < -0.4 is 25.0 Å². The van der Waals surface area contributed by atoms with Crippen molar-refractivity contribution in [3.05, 3.63) is 87.4 Å². The van der Waals surface area contributed by atoms with Crippen molar-refractivity contribution in [3.63, 3.8) is 0 Å². The molecule has 1 heterocycles. The van der Waals surface area contributed by atoms with E-state index in [2.05, 4.69) is 26.6 Å². The third kappa shape index (κ3) is 5.99. The summed E-state index contributed by atoms with van der Waals surface area (Å²) in [6, 6.07) is 17.0. The van der Waals surface area contributed by atoms with Gasteiger partial charge < -0.3 is 14.8 Å². The number of hydrogen-bond donors (Lipinski definition) is 2. The Bertz CT molecular complexity index is 1420. The van der Waals surface area contributed by atoms with Gasteiger partial charge in [-0.25, -0.2) is 9.69 Å². The fraction of sp³-hybridized carbons (Fsp3) is 0.0769. The number of methoxy groups -OCH3 is 1. The van der Waals surface area contributed by atoms with E-state index in [1.807, 2.05) is 0 Å². The van der Waals surface area contributed by atoms with Crippen LogP contribution in [0, 0.1) is 0 Å². The highest BCUT2D eigenvalue weighted by molar-refractivity contribution is 9.10. The molecule has 4 rings (SSSR count). The number of anilines is 2. The molecule has 188 valence electrons. The smallest absolute Gasteiger partial charge is 0.335 e. The average molecular weight is 585 g/mol. The van der Waals surface area contributed by atoms with E-state index in [0.717, 1.165) is 4.90 Å². The summed E-state index contributed by atoms with van der Waals surface area (Å²) in [6.45, 7) is -0.274. The number of imide groups is 2. The van der Waals surface area contributed by atoms with Crippen LogP contribution in [0.5, 0.6) is 11.5 Å². The molecule has 0 bridgehead atoms. The lowest BCUT2D eigenvalue weighted by molar-refractivity contribution is -0.122. The summed E-state index contributed by atoms with van der Waals surface area (Å²) in [5.41, 5.74) is 1.01. The molecule has 1 aliphatic rings. The van der Waals surface area contributed by atoms with E-state index in [1.54, 1.807) is 54.6 Å². The van der Waals surface area contributed by atoms with Crippen LogP contribution in [0.2, 0.25) is 5.02 Å². The molecule has 0 radical (unpaired) electrons. The number of amides is 5. The first-order valence-corrected chi connectivity index (χ1v) is 12.0. The molecule has 5 amide bonds. The van der Waals surface area contributed by atoms with E-state index < -0.39 is 23.8 Å². The lowest BCUT2D eigenvalue weighted by Gasteiger charge is -2.26. The number of halogens is 2. The second-order valence-corrected chi connectivity index (χ2v) is 8.92. The molecule has 2 N–H and O–H groups in total. The standard InChI is InChI=1S/C26H19BrClN3O6/c1-36-17-9-7-16(8-10-17)31-25(34)18(24(33)30-26(31)35)12-15-6-11-22(19(27)13-15)37-14-23(32)29-21-5-3-2-4-20(21)28/h2-13H,14H2,1H3,(H,29,32)(H,30,33,35)/b18-12+. The molecule has 37 heavy (non-hydrogen) atoms. The van der Waals surface area contributed by atoms with Crippen molar-refractivity contribution in [1.82, 2.24) is 5.32 Å². The molecule has 3 aromatic rings. The number of nitrogens with one attached hydrogen (secondary N) is 2. The van der Waals surface area contributed by atoms with Crippen molar-refractivity contribution in [1.29, 1.82) is 0 Å². The number of ether oxygens (including phenoxy) is 2. The molecule has 11 heteroatoms. The van der Waals surface area contributed by atoms with Gasteiger partial charge in [-0.3, -0.25) is 19.7 Å². The molecule has 0 aromatic heterocycles. The molecule has 3 aromatic carbocycles. The third-order valence-corrected chi connectivity index (χ3v) is 6.16. The zero-order valence-electron chi connectivity index (χ0n) is 19.3. The number of barbiturate groups is 1. The highest BCUT2D eigenvalue weighted by Gasteiger charge is 2.36. The number of para-hydroxylation sites is 1. The predicted octanol–water partition coefficient (Wildman–Crippen LogP) is 4.80. The topological polar surface area (TPSA) is 114 Å². The van der Waals surface area contributed by atoms with E-state index >= 15 is 0 Å². The van der Waals surface area contributed by atoms with Gasteiger partial charge in [0.15, 0.2) is 6.61 Å². The van der Waals surface area contributed by atoms with E-state index in [-0.39, 0.29) is 17.9 Å². The van der Waals surface area contributed by atoms with Crippen LogP contribution in [0.3, 0.4) is 0 Å². The molecule has 0 saturated carbocycles. The molecular formula is C26H19BrClN3O6. The van der Waals surface area contributed by atoms with Crippen molar-refractivity contribution in [2.24, 2.45) is 0 Å². The lowest BCUT2D eigenvalue weighted by Crippen LogP contribution is -2.54. The van der Waals surface area contributed by atoms with Gasteiger partial charge in [0.25, 0.3) is 17.7 Å². The van der Waals surface area contributed by atoms with Gasteiger partial charge in [0, 0.05) is 0 Å². The van der Waals surface area contributed by atoms with E-state index in [9.17, 15) is 19.2 Å². The molecule has 1 fully saturated rings. The first-order chi connectivity index (χ1) is 17.8. The Kier molecular flexibility index (Phi) is 7.90. The fourth-order valence-electron chi connectivity index (χ4n) is 3.41. The molecule has 0 atom stereocenters. The summed E-state index contributed by atoms with van der Waals surface area (Å²) in [6.07, 6.45) is 1.36. The number of carbonyl (C=O) groups is 4. The summed E-state index contributed by atoms with van der Waals surface area (Å²) >= 11 is 9.42. The van der Waals surface area contributed by atoms with Crippen LogP contribution >= 0.6 is 27.5 Å². The summed E-state index contributed by atoms with van der Waals surface area (Å²) in [5, 5.41) is 5.24. The van der Waals surface area contributed by atoms with Crippen molar-refractivity contribution in [2.75, 3.05) is 23.9 Å². The van der Waals surface area contributed by atoms with Crippen molar-refractivity contribution in [2.45, 2.75) is 0 Å². The second kappa shape index (κ2) is 11.3. The van der Waals surface area contributed by atoms with E-state index in [1.165, 1.54) is 25.3 Å². The van der Waals surface area contributed by atoms with Gasteiger partial charge in [0.2, 0.25) is 0 Å². The fourth-order valence-corrected chi connectivity index (χ4v) is 4.10. The number of carbonyl (C=O) groups excluding carboxylic acids is 4. The van der Waals surface area contributed by atoms with Gasteiger partial charge in [0.05, 0.1) is 28.0 Å². The Labute approximate surface area is 225 Å². The van der Waals surface area contributed by atoms with Crippen LogP contribution in [0.4, 0.5) is 16.2 Å². The predicted molar refractivity (Wildman–Crippen MR) is 142 cm³/mol. The Hall–Kier alpha value is -4.15. The lowest BCUT2D eigenvalue weighted by atomic mass is 10.1. The Morgan fingerprint density at radius 1 is 1.08 bits per heavy atom. The quantitative estimate of drug-likeness (QED) is 0.305. The zero-order valence-corrected chi connectivity index (χ0v) is 21.6. The van der Waals surface area contributed by atoms with Gasteiger partial charge in [-0.1, -0.05) is 29.8 Å². The molecule has 9 nitrogen and oxygen atoms in total. The van der Waals surface area contributed by atoms with Crippen LogP contribution in [0.15, 0.2) is 76.8 Å². The minimum atomic E-state index is -0.850. The average Bonchev–Trinajstić information content (AvgIpc) is 2.87. The van der Waals surface area contributed by atoms with E-state index in [0.29, 0.717) is 32.2 Å². The molecule has 0 spiro atoms. The Morgan fingerprint density at radius 3 is 2.49 bits per heavy atom. The number of nitrogens with zero attached hydrogens (tertiary/aromatic N) is 1. The maximum atomic E-state index is 13.1. The maximum Gasteiger partial charge on any atom is 0.335 e. The van der Waals surface area contributed by atoms with Crippen LogP contribution in [-0.4, -0.2) is 37.5 Å². The largest absolute Gasteiger partial charge is 0.497 e. The van der Waals surface area contributed by atoms with Gasteiger partial charge in [-0.15, -0.1) is 0 Å². The van der Waals surface area contributed by atoms with Crippen LogP contribution in [0.1, 0.15) is 5.56 Å². The molecule has 0 unspecified atom stereocenters. The number of benzene rings is 3. The minimum Gasteiger partial charge on any atom is -0.497 e. The molecular weight excluding hydrogens is 566 g/mol. The highest BCUT2D eigenvalue weighted by Crippen LogP contribution is 2.29. The maximum absolute atomic E-state index is 13.1. The summed E-state index contributed by atoms with van der Waals surface area (Å²) in [7, 11) is 1.50. The van der Waals surface area contributed by atoms with Crippen molar-refractivity contribution >= 4 is 68.7 Å². The minimum absolute atomic E-state index is 0.227. The zero-order chi connectivity index (χ0) is 26.5. The van der Waals surface area contributed by atoms with Crippen molar-refractivity contribution < 1.29 is 28.7 Å². The normalized spacial score (nSPS) is 14.4. The Balaban J connectivity index is 1.48. The first-order valence-electron chi connectivity index (χ1n) is 10.8. The van der Waals surface area contributed by atoms with Gasteiger partial charge in [0.1, 0.15) is 17.1 Å². The van der Waals surface area contributed by atoms with E-state index in [4.69, 9.17) is 21.1 Å². The molecule has 0 aliphatic carbocycles. The third-order valence-electron chi connectivity index (χ3n) is 5.21. The molecule has 1 saturated heterocycles. The SMILES string of the molecule is COc1ccc(N2C(=O)NC(=O)/C(=C\c3ccc(OCC(=O)Nc4ccccc4Cl)c(Br)c3)C2=O)cc1. The number of rotatable bonds is 7. The monoisotopic (exact) mass is 583 g/mol. The molecule has 1 aliphatic heterocycles. The summed E-state index contributed by atoms with van der Waals surface area (Å²) < 4.78 is 11.2. The summed E-state index contributed by atoms with van der Waals surface area (Å²) in [4.78, 5) is 51.0. The second-order valence-electron chi connectivity index (χ2n) is 7.66. The van der Waals surface area contributed by atoms with Crippen molar-refractivity contribution in [3.8, 4) is 11.5 Å². The number of urea groups is 1. The highest BCUT2D eigenvalue weighted by atomic mass is 79.9. The summed E-state index contributed by atoms with van der Waals surface area (Å²) in [5.74, 6) is -1.07. The van der Waals surface area contributed by atoms with Gasteiger partial charge >= 0.3 is 6.03 Å². The first kappa shape index (κ1) is 25.9. The number of hydrogen-bond acceptors (Lipinski definition) is 6. The van der Waals surface area contributed by atoms with Crippen LogP contribution in [0.25, 0.3) is 6.08 Å². The van der Waals surface area contributed by atoms with Gasteiger partial charge in [-0.05, 0) is 76.1 Å². The van der Waals surface area contributed by atoms with Gasteiger partial charge in [-0.2, -0.15) is 0 Å². The van der Waals surface area contributed by atoms with Crippen LogP contribution in [-0.2, 0) is 14.4 Å². The Morgan fingerprint density at radius 2 is 1.81 bits per heavy atom.